The Morgan fingerprint density at radius 1 is 1.30 bits per heavy atom. The summed E-state index contributed by atoms with van der Waals surface area (Å²) in [7, 11) is 0. The van der Waals surface area contributed by atoms with Crippen molar-refractivity contribution in [2.45, 2.75) is 13.3 Å². The quantitative estimate of drug-likeness (QED) is 0.690. The summed E-state index contributed by atoms with van der Waals surface area (Å²) in [6.07, 6.45) is 0.842. The number of fused-ring (bicyclic) bond motifs is 1. The van der Waals surface area contributed by atoms with Crippen molar-refractivity contribution >= 4 is 48.5 Å². The van der Waals surface area contributed by atoms with Crippen molar-refractivity contribution in [2.24, 2.45) is 0 Å². The van der Waals surface area contributed by atoms with Crippen LogP contribution in [-0.4, -0.2) is 17.5 Å². The number of hydrogen-bond donors (Lipinski definition) is 1. The fourth-order valence-corrected chi connectivity index (χ4v) is 3.48. The predicted molar refractivity (Wildman–Crippen MR) is 97.3 cm³/mol. The van der Waals surface area contributed by atoms with Gasteiger partial charge in [0.15, 0.2) is 11.7 Å². The van der Waals surface area contributed by atoms with Crippen molar-refractivity contribution < 1.29 is 9.53 Å². The van der Waals surface area contributed by atoms with Crippen molar-refractivity contribution in [3.8, 4) is 5.75 Å². The van der Waals surface area contributed by atoms with Crippen LogP contribution in [0.1, 0.15) is 12.5 Å². The van der Waals surface area contributed by atoms with Crippen LogP contribution in [-0.2, 0) is 11.2 Å². The molecule has 3 aromatic rings. The zero-order valence-corrected chi connectivity index (χ0v) is 14.9. The second-order valence-corrected chi connectivity index (χ2v) is 6.88. The number of nitrogens with zero attached hydrogens (tertiary/aromatic N) is 1. The molecule has 23 heavy (non-hydrogen) atoms. The van der Waals surface area contributed by atoms with Crippen molar-refractivity contribution in [1.82, 2.24) is 4.98 Å². The average molecular weight is 391 g/mol. The Bertz CT molecular complexity index is 814. The van der Waals surface area contributed by atoms with Crippen LogP contribution in [0, 0.1) is 0 Å². The number of hydrogen-bond acceptors (Lipinski definition) is 4. The molecular formula is C17H15BrN2O2S. The number of halogens is 1. The van der Waals surface area contributed by atoms with Crippen LogP contribution in [0.2, 0.25) is 0 Å². The van der Waals surface area contributed by atoms with Gasteiger partial charge in [0, 0.05) is 4.47 Å². The number of thiazole rings is 1. The highest BCUT2D eigenvalue weighted by Crippen LogP contribution is 2.26. The maximum absolute atomic E-state index is 12.1. The lowest BCUT2D eigenvalue weighted by Crippen LogP contribution is -2.20. The molecule has 6 heteroatoms. The smallest absolute Gasteiger partial charge is 0.264 e. The van der Waals surface area contributed by atoms with Crippen LogP contribution in [0.15, 0.2) is 46.9 Å². The number of carbonyl (C=O) groups excluding carboxylic acids is 1. The molecule has 0 fully saturated rings. The Hall–Kier alpha value is -1.92. The van der Waals surface area contributed by atoms with E-state index in [2.05, 4.69) is 33.2 Å². The highest BCUT2D eigenvalue weighted by atomic mass is 79.9. The lowest BCUT2D eigenvalue weighted by Gasteiger charge is -2.10. The van der Waals surface area contributed by atoms with E-state index >= 15 is 0 Å². The molecule has 1 N–H and O–H groups in total. The summed E-state index contributed by atoms with van der Waals surface area (Å²) in [4.78, 5) is 16.4. The predicted octanol–water partition coefficient (Wildman–Crippen LogP) is 4.64. The van der Waals surface area contributed by atoms with Crippen LogP contribution in [0.4, 0.5) is 5.13 Å². The lowest BCUT2D eigenvalue weighted by molar-refractivity contribution is -0.118. The van der Waals surface area contributed by atoms with Gasteiger partial charge in [-0.1, -0.05) is 46.3 Å². The molecule has 3 rings (SSSR count). The minimum absolute atomic E-state index is 0.0371. The summed E-state index contributed by atoms with van der Waals surface area (Å²) in [5.41, 5.74) is 1.95. The van der Waals surface area contributed by atoms with Crippen molar-refractivity contribution in [2.75, 3.05) is 11.9 Å². The van der Waals surface area contributed by atoms with E-state index < -0.39 is 0 Å². The summed E-state index contributed by atoms with van der Waals surface area (Å²) in [6, 6.07) is 13.6. The van der Waals surface area contributed by atoms with E-state index in [4.69, 9.17) is 4.74 Å². The van der Waals surface area contributed by atoms with E-state index in [1.807, 2.05) is 42.5 Å². The molecule has 0 saturated heterocycles. The van der Waals surface area contributed by atoms with Gasteiger partial charge in [0.05, 0.1) is 10.2 Å². The summed E-state index contributed by atoms with van der Waals surface area (Å²) >= 11 is 4.89. The number of aromatic nitrogens is 1. The van der Waals surface area contributed by atoms with Gasteiger partial charge in [0.1, 0.15) is 5.75 Å². The van der Waals surface area contributed by atoms with Crippen LogP contribution in [0.25, 0.3) is 10.2 Å². The molecule has 0 radical (unpaired) electrons. The highest BCUT2D eigenvalue weighted by Gasteiger charge is 2.10. The first kappa shape index (κ1) is 16.0. The first-order valence-electron chi connectivity index (χ1n) is 7.22. The van der Waals surface area contributed by atoms with Gasteiger partial charge in [0.25, 0.3) is 5.91 Å². The molecule has 0 atom stereocenters. The molecule has 0 aliphatic carbocycles. The van der Waals surface area contributed by atoms with Gasteiger partial charge in [0.2, 0.25) is 0 Å². The number of amides is 1. The number of ether oxygens (including phenoxy) is 1. The monoisotopic (exact) mass is 390 g/mol. The Morgan fingerprint density at radius 3 is 2.91 bits per heavy atom. The number of carbonyl (C=O) groups is 1. The molecule has 0 spiro atoms. The fourth-order valence-electron chi connectivity index (χ4n) is 2.19. The summed E-state index contributed by atoms with van der Waals surface area (Å²) in [5, 5.41) is 3.37. The van der Waals surface area contributed by atoms with Gasteiger partial charge < -0.3 is 4.74 Å². The van der Waals surface area contributed by atoms with E-state index in [1.165, 1.54) is 11.3 Å². The average Bonchev–Trinajstić information content (AvgIpc) is 2.95. The van der Waals surface area contributed by atoms with Gasteiger partial charge in [-0.05, 0) is 42.3 Å². The van der Waals surface area contributed by atoms with Crippen LogP contribution >= 0.6 is 27.3 Å². The number of para-hydroxylation sites is 1. The first-order chi connectivity index (χ1) is 11.2. The third-order valence-electron chi connectivity index (χ3n) is 3.30. The Morgan fingerprint density at radius 2 is 2.13 bits per heavy atom. The molecule has 118 valence electrons. The minimum atomic E-state index is -0.214. The number of rotatable bonds is 5. The highest BCUT2D eigenvalue weighted by molar-refractivity contribution is 9.10. The van der Waals surface area contributed by atoms with E-state index in [9.17, 15) is 4.79 Å². The van der Waals surface area contributed by atoms with Gasteiger partial charge in [-0.3, -0.25) is 10.1 Å². The number of benzene rings is 2. The molecule has 1 heterocycles. The molecule has 0 bridgehead atoms. The van der Waals surface area contributed by atoms with Crippen molar-refractivity contribution in [1.29, 1.82) is 0 Å². The van der Waals surface area contributed by atoms with Gasteiger partial charge >= 0.3 is 0 Å². The summed E-state index contributed by atoms with van der Waals surface area (Å²) in [6.45, 7) is 2.01. The van der Waals surface area contributed by atoms with Gasteiger partial charge in [-0.2, -0.15) is 0 Å². The van der Waals surface area contributed by atoms with Gasteiger partial charge in [-0.25, -0.2) is 4.98 Å². The molecule has 0 aliphatic rings. The molecule has 2 aromatic carbocycles. The van der Waals surface area contributed by atoms with Crippen LogP contribution in [0.3, 0.4) is 0 Å². The van der Waals surface area contributed by atoms with Crippen LogP contribution < -0.4 is 10.1 Å². The lowest BCUT2D eigenvalue weighted by atomic mass is 10.1. The Kier molecular flexibility index (Phi) is 4.93. The van der Waals surface area contributed by atoms with Crippen LogP contribution in [0.5, 0.6) is 5.75 Å². The maximum Gasteiger partial charge on any atom is 0.264 e. The van der Waals surface area contributed by atoms with Gasteiger partial charge in [-0.15, -0.1) is 0 Å². The largest absolute Gasteiger partial charge is 0.483 e. The van der Waals surface area contributed by atoms with E-state index in [0.29, 0.717) is 5.13 Å². The normalized spacial score (nSPS) is 10.7. The third-order valence-corrected chi connectivity index (χ3v) is 4.75. The fraction of sp³-hybridized carbons (Fsp3) is 0.176. The maximum atomic E-state index is 12.1. The molecule has 0 aliphatic heterocycles. The Balaban J connectivity index is 1.63. The zero-order valence-electron chi connectivity index (χ0n) is 12.5. The topological polar surface area (TPSA) is 51.2 Å². The summed E-state index contributed by atoms with van der Waals surface area (Å²) < 4.78 is 7.68. The third kappa shape index (κ3) is 3.89. The second-order valence-electron chi connectivity index (χ2n) is 4.93. The number of nitrogens with one attached hydrogen (secondary N) is 1. The zero-order chi connectivity index (χ0) is 16.2. The van der Waals surface area contributed by atoms with E-state index in [0.717, 1.165) is 32.4 Å². The second kappa shape index (κ2) is 7.10. The number of anilines is 1. The summed E-state index contributed by atoms with van der Waals surface area (Å²) in [5.74, 6) is 0.518. The van der Waals surface area contributed by atoms with Crippen molar-refractivity contribution in [3.63, 3.8) is 0 Å². The molecule has 0 saturated carbocycles. The minimum Gasteiger partial charge on any atom is -0.483 e. The Labute approximate surface area is 146 Å². The molecule has 1 amide bonds. The molecule has 0 unspecified atom stereocenters. The first-order valence-corrected chi connectivity index (χ1v) is 8.83. The molecule has 4 nitrogen and oxygen atoms in total. The van der Waals surface area contributed by atoms with Crippen molar-refractivity contribution in [3.05, 3.63) is 52.5 Å². The number of aryl methyl sites for hydroxylation is 1. The van der Waals surface area contributed by atoms with E-state index in [1.54, 1.807) is 0 Å². The standard InChI is InChI=1S/C17H15BrN2O2S/c1-2-11-9-12(18)7-8-14(11)22-10-16(21)20-17-19-13-5-3-4-6-15(13)23-17/h3-9H,2,10H2,1H3,(H,19,20,21). The van der Waals surface area contributed by atoms with E-state index in [-0.39, 0.29) is 12.5 Å². The molecule has 1 aromatic heterocycles. The molecular weight excluding hydrogens is 376 g/mol. The SMILES string of the molecule is CCc1cc(Br)ccc1OCC(=O)Nc1nc2ccccc2s1.